The van der Waals surface area contributed by atoms with E-state index >= 15 is 0 Å². The van der Waals surface area contributed by atoms with Crippen LogP contribution in [0.15, 0.2) is 34.1 Å². The topological polar surface area (TPSA) is 74.8 Å². The highest BCUT2D eigenvalue weighted by atomic mass is 32.2. The van der Waals surface area contributed by atoms with Gasteiger partial charge in [-0.15, -0.1) is 11.8 Å². The molecule has 2 aromatic rings. The number of hydrogen-bond donors (Lipinski definition) is 2. The molecule has 5 nitrogen and oxygen atoms in total. The van der Waals surface area contributed by atoms with Gasteiger partial charge < -0.3 is 10.3 Å². The Morgan fingerprint density at radius 1 is 1.33 bits per heavy atom. The highest BCUT2D eigenvalue weighted by molar-refractivity contribution is 7.98. The van der Waals surface area contributed by atoms with Gasteiger partial charge in [-0.3, -0.25) is 4.79 Å². The summed E-state index contributed by atoms with van der Waals surface area (Å²) < 4.78 is 0. The average molecular weight is 343 g/mol. The van der Waals surface area contributed by atoms with E-state index in [1.807, 2.05) is 18.4 Å². The molecule has 6 heteroatoms. The number of carbonyl (C=O) groups excluding carboxylic acids is 1. The lowest BCUT2D eigenvalue weighted by atomic mass is 9.99. The lowest BCUT2D eigenvalue weighted by Gasteiger charge is -2.20. The highest BCUT2D eigenvalue weighted by Crippen LogP contribution is 2.29. The predicted octanol–water partition coefficient (Wildman–Crippen LogP) is 3.00. The molecular formula is C18H21N3O2S. The molecular weight excluding hydrogens is 322 g/mol. The molecule has 0 spiro atoms. The van der Waals surface area contributed by atoms with E-state index in [4.69, 9.17) is 0 Å². The first-order chi connectivity index (χ1) is 11.6. The number of carbonyl (C=O) groups is 1. The van der Waals surface area contributed by atoms with E-state index in [0.717, 1.165) is 25.7 Å². The maximum Gasteiger partial charge on any atom is 0.346 e. The van der Waals surface area contributed by atoms with Gasteiger partial charge in [0, 0.05) is 5.69 Å². The Morgan fingerprint density at radius 3 is 2.92 bits per heavy atom. The number of aryl methyl sites for hydroxylation is 2. The normalized spacial score (nSPS) is 17.0. The van der Waals surface area contributed by atoms with Crippen molar-refractivity contribution in [2.75, 3.05) is 6.26 Å². The molecule has 1 aliphatic carbocycles. The number of hydrogen-bond acceptors (Lipinski definition) is 4. The molecule has 1 unspecified atom stereocenters. The number of amides is 1. The number of aromatic amines is 1. The third kappa shape index (κ3) is 3.38. The first-order valence-electron chi connectivity index (χ1n) is 8.13. The molecule has 1 aliphatic rings. The third-order valence-electron chi connectivity index (χ3n) is 4.43. The Morgan fingerprint density at radius 2 is 2.12 bits per heavy atom. The Balaban J connectivity index is 1.92. The van der Waals surface area contributed by atoms with Crippen molar-refractivity contribution < 1.29 is 4.79 Å². The van der Waals surface area contributed by atoms with E-state index in [-0.39, 0.29) is 11.9 Å². The summed E-state index contributed by atoms with van der Waals surface area (Å²) in [6.07, 6.45) is 6.01. The fourth-order valence-electron chi connectivity index (χ4n) is 3.28. The van der Waals surface area contributed by atoms with Crippen LogP contribution < -0.4 is 11.0 Å². The van der Waals surface area contributed by atoms with E-state index in [9.17, 15) is 9.59 Å². The van der Waals surface area contributed by atoms with Crippen molar-refractivity contribution in [3.8, 4) is 0 Å². The van der Waals surface area contributed by atoms with Gasteiger partial charge in [-0.1, -0.05) is 30.7 Å². The number of nitrogens with zero attached hydrogens (tertiary/aromatic N) is 1. The molecule has 126 valence electrons. The van der Waals surface area contributed by atoms with Crippen molar-refractivity contribution in [3.63, 3.8) is 0 Å². The van der Waals surface area contributed by atoms with Gasteiger partial charge in [0.2, 0.25) is 0 Å². The monoisotopic (exact) mass is 343 g/mol. The van der Waals surface area contributed by atoms with Crippen LogP contribution in [0.4, 0.5) is 0 Å². The number of aromatic nitrogens is 2. The summed E-state index contributed by atoms with van der Waals surface area (Å²) in [4.78, 5) is 30.9. The van der Waals surface area contributed by atoms with Crippen molar-refractivity contribution in [1.82, 2.24) is 15.3 Å². The number of thioether (sulfide) groups is 1. The smallest absolute Gasteiger partial charge is 0.345 e. The molecule has 1 aromatic heterocycles. The number of nitrogens with one attached hydrogen (secondary N) is 2. The van der Waals surface area contributed by atoms with Gasteiger partial charge in [-0.05, 0) is 43.6 Å². The molecule has 0 fully saturated rings. The third-order valence-corrected chi connectivity index (χ3v) is 5.11. The lowest BCUT2D eigenvalue weighted by Crippen LogP contribution is -2.31. The number of rotatable bonds is 3. The van der Waals surface area contributed by atoms with Gasteiger partial charge in [0.1, 0.15) is 5.03 Å². The summed E-state index contributed by atoms with van der Waals surface area (Å²) in [7, 11) is 0. The van der Waals surface area contributed by atoms with Crippen LogP contribution in [0.5, 0.6) is 0 Å². The highest BCUT2D eigenvalue weighted by Gasteiger charge is 2.23. The minimum absolute atomic E-state index is 0.00256. The Hall–Kier alpha value is -2.08. The molecule has 0 saturated heterocycles. The summed E-state index contributed by atoms with van der Waals surface area (Å²) in [5.41, 5.74) is 3.10. The second kappa shape index (κ2) is 7.21. The van der Waals surface area contributed by atoms with Crippen molar-refractivity contribution in [1.29, 1.82) is 0 Å². The van der Waals surface area contributed by atoms with Gasteiger partial charge in [-0.25, -0.2) is 4.79 Å². The van der Waals surface area contributed by atoms with Crippen molar-refractivity contribution in [3.05, 3.63) is 57.1 Å². The predicted molar refractivity (Wildman–Crippen MR) is 95.6 cm³/mol. The fourth-order valence-corrected chi connectivity index (χ4v) is 3.90. The zero-order valence-electron chi connectivity index (χ0n) is 13.9. The van der Waals surface area contributed by atoms with E-state index in [1.165, 1.54) is 22.9 Å². The fraction of sp³-hybridized carbons (Fsp3) is 0.389. The largest absolute Gasteiger partial charge is 0.346 e. The molecule has 3 rings (SSSR count). The summed E-state index contributed by atoms with van der Waals surface area (Å²) in [6.45, 7) is 1.73. The second-order valence-corrected chi connectivity index (χ2v) is 6.82. The summed E-state index contributed by atoms with van der Waals surface area (Å²) in [5, 5.41) is 3.62. The lowest BCUT2D eigenvalue weighted by molar-refractivity contribution is 0.0929. The van der Waals surface area contributed by atoms with Crippen LogP contribution in [0.1, 0.15) is 52.5 Å². The van der Waals surface area contributed by atoms with Gasteiger partial charge >= 0.3 is 5.69 Å². The van der Waals surface area contributed by atoms with E-state index < -0.39 is 5.69 Å². The standard InChI is InChI=1S/C18H21N3O2S/c1-11-15(17(24-2)21-18(23)19-11)16(22)20-14-10-6-4-8-12-7-3-5-9-13(12)14/h3,5,7,9,14H,4,6,8,10H2,1-2H3,(H,20,22)(H,19,21,23). The minimum atomic E-state index is -0.423. The van der Waals surface area contributed by atoms with Crippen molar-refractivity contribution in [2.24, 2.45) is 0 Å². The summed E-state index contributed by atoms with van der Waals surface area (Å²) in [6, 6.07) is 8.30. The number of benzene rings is 1. The summed E-state index contributed by atoms with van der Waals surface area (Å²) in [5.74, 6) is -0.178. The van der Waals surface area contributed by atoms with Crippen LogP contribution in [0.25, 0.3) is 0 Å². The van der Waals surface area contributed by atoms with Gasteiger partial charge in [0.05, 0.1) is 11.6 Å². The molecule has 24 heavy (non-hydrogen) atoms. The maximum absolute atomic E-state index is 12.9. The molecule has 1 atom stereocenters. The second-order valence-electron chi connectivity index (χ2n) is 6.02. The molecule has 0 saturated carbocycles. The van der Waals surface area contributed by atoms with Crippen LogP contribution in [-0.2, 0) is 6.42 Å². The molecule has 1 aromatic carbocycles. The van der Waals surface area contributed by atoms with Crippen LogP contribution in [0.3, 0.4) is 0 Å². The first-order valence-corrected chi connectivity index (χ1v) is 9.36. The molecule has 0 bridgehead atoms. The zero-order valence-corrected chi connectivity index (χ0v) is 14.7. The number of fused-ring (bicyclic) bond motifs is 1. The first kappa shape index (κ1) is 16.8. The van der Waals surface area contributed by atoms with Gasteiger partial charge in [0.15, 0.2) is 0 Å². The quantitative estimate of drug-likeness (QED) is 0.510. The van der Waals surface area contributed by atoms with Crippen LogP contribution in [-0.4, -0.2) is 22.1 Å². The molecule has 0 radical (unpaired) electrons. The van der Waals surface area contributed by atoms with E-state index in [2.05, 4.69) is 27.4 Å². The van der Waals surface area contributed by atoms with Crippen LogP contribution in [0.2, 0.25) is 0 Å². The van der Waals surface area contributed by atoms with Gasteiger partial charge in [-0.2, -0.15) is 4.98 Å². The average Bonchev–Trinajstić information content (AvgIpc) is 2.76. The van der Waals surface area contributed by atoms with Crippen molar-refractivity contribution >= 4 is 17.7 Å². The molecule has 0 aliphatic heterocycles. The molecule has 1 amide bonds. The SMILES string of the molecule is CSc1nc(=O)[nH]c(C)c1C(=O)NC1CCCCc2ccccc21. The van der Waals surface area contributed by atoms with Crippen LogP contribution >= 0.6 is 11.8 Å². The number of H-pyrrole nitrogens is 1. The molecule has 2 N–H and O–H groups in total. The van der Waals surface area contributed by atoms with E-state index in [0.29, 0.717) is 16.3 Å². The maximum atomic E-state index is 12.9. The Labute approximate surface area is 145 Å². The van der Waals surface area contributed by atoms with Crippen LogP contribution in [0, 0.1) is 6.92 Å². The zero-order chi connectivity index (χ0) is 17.1. The Kier molecular flexibility index (Phi) is 5.04. The Bertz CT molecular complexity index is 816. The van der Waals surface area contributed by atoms with E-state index in [1.54, 1.807) is 6.92 Å². The summed E-state index contributed by atoms with van der Waals surface area (Å²) >= 11 is 1.31. The minimum Gasteiger partial charge on any atom is -0.345 e. The van der Waals surface area contributed by atoms with Crippen molar-refractivity contribution in [2.45, 2.75) is 43.7 Å². The molecule has 1 heterocycles. The van der Waals surface area contributed by atoms with Gasteiger partial charge in [0.25, 0.3) is 5.91 Å².